The third kappa shape index (κ3) is 4.89. The van der Waals surface area contributed by atoms with Gasteiger partial charge in [-0.15, -0.1) is 11.3 Å². The van der Waals surface area contributed by atoms with Gasteiger partial charge in [0.15, 0.2) is 11.7 Å². The van der Waals surface area contributed by atoms with Crippen LogP contribution in [0.15, 0.2) is 30.3 Å². The summed E-state index contributed by atoms with van der Waals surface area (Å²) in [7, 11) is 0. The first kappa shape index (κ1) is 26.6. The van der Waals surface area contributed by atoms with Gasteiger partial charge in [0.1, 0.15) is 15.8 Å². The van der Waals surface area contributed by atoms with Crippen LogP contribution in [0.2, 0.25) is 5.02 Å². The van der Waals surface area contributed by atoms with Crippen LogP contribution in [0.3, 0.4) is 0 Å². The predicted octanol–water partition coefficient (Wildman–Crippen LogP) is 6.81. The van der Waals surface area contributed by atoms with E-state index < -0.39 is 30.1 Å². The maximum atomic E-state index is 14.1. The highest BCUT2D eigenvalue weighted by atomic mass is 35.5. The Bertz CT molecular complexity index is 1370. The second-order valence-corrected chi connectivity index (χ2v) is 11.1. The van der Waals surface area contributed by atoms with E-state index in [4.69, 9.17) is 16.3 Å². The van der Waals surface area contributed by atoms with Crippen molar-refractivity contribution in [3.8, 4) is 0 Å². The largest absolute Gasteiger partial charge is 0.462 e. The molecule has 0 saturated heterocycles. The maximum Gasteiger partial charge on any atom is 0.410 e. The molecule has 0 bridgehead atoms. The van der Waals surface area contributed by atoms with E-state index in [1.165, 1.54) is 11.3 Å². The van der Waals surface area contributed by atoms with E-state index in [1.807, 2.05) is 0 Å². The number of rotatable bonds is 5. The van der Waals surface area contributed by atoms with Gasteiger partial charge >= 0.3 is 12.1 Å². The summed E-state index contributed by atoms with van der Waals surface area (Å²) in [5.74, 6) is -0.996. The monoisotopic (exact) mass is 566 g/mol. The smallest absolute Gasteiger partial charge is 0.410 e. The molecule has 5 rings (SSSR count). The van der Waals surface area contributed by atoms with Gasteiger partial charge in [-0.1, -0.05) is 48.9 Å². The molecule has 2 aliphatic rings. The molecule has 0 unspecified atom stereocenters. The molecule has 12 heteroatoms. The standard InChI is InChI=1S/C26H26ClF3N4O3S/c1-3-37-25(36)19-15-10-9-13(2)11-17(15)38-24(19)32-23(35)21-20(27)22-31-16(14-7-5-4-6-8-14)12-18(26(28,29)30)34(22)33-21/h4-8,13,16,18,31H,3,9-12H2,1-2H3,(H,32,35)/t13-,16-,18-/m0/s1. The molecule has 3 atom stereocenters. The number of carbonyl (C=O) groups excluding carboxylic acids is 2. The van der Waals surface area contributed by atoms with Crippen molar-refractivity contribution in [3.05, 3.63) is 62.6 Å². The molecule has 2 N–H and O–H groups in total. The van der Waals surface area contributed by atoms with Crippen molar-refractivity contribution in [2.75, 3.05) is 17.2 Å². The Morgan fingerprint density at radius 1 is 1.29 bits per heavy atom. The normalized spacial score (nSPS) is 20.7. The van der Waals surface area contributed by atoms with E-state index in [2.05, 4.69) is 22.7 Å². The third-order valence-corrected chi connectivity index (χ3v) is 8.46. The minimum atomic E-state index is -4.62. The third-order valence-electron chi connectivity index (χ3n) is 6.93. The second-order valence-electron chi connectivity index (χ2n) is 9.59. The Morgan fingerprint density at radius 3 is 2.71 bits per heavy atom. The van der Waals surface area contributed by atoms with Crippen molar-refractivity contribution in [2.24, 2.45) is 5.92 Å². The molecule has 3 heterocycles. The second kappa shape index (κ2) is 10.3. The van der Waals surface area contributed by atoms with Crippen molar-refractivity contribution >= 4 is 45.6 Å². The Hall–Kier alpha value is -3.05. The summed E-state index contributed by atoms with van der Waals surface area (Å²) in [6.07, 6.45) is -2.60. The van der Waals surface area contributed by atoms with E-state index in [9.17, 15) is 22.8 Å². The summed E-state index contributed by atoms with van der Waals surface area (Å²) >= 11 is 7.76. The first-order valence-corrected chi connectivity index (χ1v) is 13.6. The summed E-state index contributed by atoms with van der Waals surface area (Å²) < 4.78 is 48.3. The Morgan fingerprint density at radius 2 is 2.03 bits per heavy atom. The summed E-state index contributed by atoms with van der Waals surface area (Å²) in [6, 6.07) is 6.07. The van der Waals surface area contributed by atoms with Crippen LogP contribution >= 0.6 is 22.9 Å². The van der Waals surface area contributed by atoms with Gasteiger partial charge in [0.2, 0.25) is 0 Å². The quantitative estimate of drug-likeness (QED) is 0.331. The molecule has 1 aliphatic carbocycles. The van der Waals surface area contributed by atoms with Crippen molar-refractivity contribution in [1.82, 2.24) is 9.78 Å². The number of nitrogens with one attached hydrogen (secondary N) is 2. The van der Waals surface area contributed by atoms with Crippen LogP contribution in [0, 0.1) is 5.92 Å². The van der Waals surface area contributed by atoms with Crippen molar-refractivity contribution in [2.45, 2.75) is 57.8 Å². The molecule has 0 saturated carbocycles. The topological polar surface area (TPSA) is 85.2 Å². The van der Waals surface area contributed by atoms with Gasteiger partial charge in [-0.25, -0.2) is 9.48 Å². The maximum absolute atomic E-state index is 14.1. The van der Waals surface area contributed by atoms with Crippen LogP contribution < -0.4 is 10.6 Å². The van der Waals surface area contributed by atoms with Gasteiger partial charge in [-0.05, 0) is 43.2 Å². The van der Waals surface area contributed by atoms with Crippen LogP contribution in [0.5, 0.6) is 0 Å². The number of anilines is 2. The number of esters is 1. The highest BCUT2D eigenvalue weighted by molar-refractivity contribution is 7.17. The minimum absolute atomic E-state index is 0.0795. The van der Waals surface area contributed by atoms with Gasteiger partial charge in [-0.2, -0.15) is 18.3 Å². The lowest BCUT2D eigenvalue weighted by molar-refractivity contribution is -0.173. The molecule has 1 amide bonds. The Balaban J connectivity index is 1.50. The lowest BCUT2D eigenvalue weighted by Gasteiger charge is -2.33. The van der Waals surface area contributed by atoms with Crippen molar-refractivity contribution in [1.29, 1.82) is 0 Å². The molecule has 1 aliphatic heterocycles. The van der Waals surface area contributed by atoms with Crippen LogP contribution in [0.1, 0.15) is 75.6 Å². The van der Waals surface area contributed by atoms with Gasteiger partial charge < -0.3 is 15.4 Å². The number of alkyl halides is 3. The molecule has 3 aromatic rings. The first-order chi connectivity index (χ1) is 18.1. The highest BCUT2D eigenvalue weighted by Gasteiger charge is 2.48. The molecule has 2 aromatic heterocycles. The van der Waals surface area contributed by atoms with E-state index in [0.717, 1.165) is 28.0 Å². The number of benzene rings is 1. The van der Waals surface area contributed by atoms with E-state index in [0.29, 0.717) is 23.5 Å². The van der Waals surface area contributed by atoms with E-state index >= 15 is 0 Å². The van der Waals surface area contributed by atoms with Crippen LogP contribution in [0.4, 0.5) is 24.0 Å². The number of amides is 1. The molecule has 0 fully saturated rings. The molecular formula is C26H26ClF3N4O3S. The summed E-state index contributed by atoms with van der Waals surface area (Å²) in [5.41, 5.74) is 1.45. The minimum Gasteiger partial charge on any atom is -0.462 e. The van der Waals surface area contributed by atoms with E-state index in [-0.39, 0.29) is 34.6 Å². The van der Waals surface area contributed by atoms with Crippen LogP contribution in [-0.2, 0) is 17.6 Å². The number of nitrogens with zero attached hydrogens (tertiary/aromatic N) is 2. The fourth-order valence-corrected chi connectivity index (χ4v) is 6.72. The number of hydrogen-bond acceptors (Lipinski definition) is 6. The average molecular weight is 567 g/mol. The molecule has 7 nitrogen and oxygen atoms in total. The Labute approximate surface area is 226 Å². The highest BCUT2D eigenvalue weighted by Crippen LogP contribution is 2.46. The van der Waals surface area contributed by atoms with Crippen LogP contribution in [-0.4, -0.2) is 34.4 Å². The molecule has 0 spiro atoms. The summed E-state index contributed by atoms with van der Waals surface area (Å²) in [6.45, 7) is 3.98. The average Bonchev–Trinajstić information content (AvgIpc) is 3.40. The summed E-state index contributed by atoms with van der Waals surface area (Å²) in [4.78, 5) is 27.1. The summed E-state index contributed by atoms with van der Waals surface area (Å²) in [5, 5.41) is 9.80. The van der Waals surface area contributed by atoms with Crippen molar-refractivity contribution in [3.63, 3.8) is 0 Å². The van der Waals surface area contributed by atoms with Gasteiger partial charge in [0.25, 0.3) is 5.91 Å². The zero-order valence-corrected chi connectivity index (χ0v) is 22.3. The predicted molar refractivity (Wildman–Crippen MR) is 139 cm³/mol. The van der Waals surface area contributed by atoms with Gasteiger partial charge in [0.05, 0.1) is 18.2 Å². The molecule has 38 heavy (non-hydrogen) atoms. The molecule has 1 aromatic carbocycles. The zero-order valence-electron chi connectivity index (χ0n) is 20.7. The molecule has 202 valence electrons. The fraction of sp³-hybridized carbons (Fsp3) is 0.423. The molecular weight excluding hydrogens is 541 g/mol. The van der Waals surface area contributed by atoms with Crippen LogP contribution in [0.25, 0.3) is 0 Å². The number of carbonyl (C=O) groups is 2. The number of fused-ring (bicyclic) bond motifs is 2. The Kier molecular flexibility index (Phi) is 7.17. The molecule has 0 radical (unpaired) electrons. The number of ether oxygens (including phenoxy) is 1. The lowest BCUT2D eigenvalue weighted by Crippen LogP contribution is -2.35. The SMILES string of the molecule is CCOC(=O)c1c(NC(=O)c2nn3c(c2Cl)N[C@H](c2ccccc2)C[C@H]3C(F)(F)F)sc2c1CC[C@H](C)C2. The van der Waals surface area contributed by atoms with Gasteiger partial charge in [-0.3, -0.25) is 4.79 Å². The van der Waals surface area contributed by atoms with Crippen molar-refractivity contribution < 1.29 is 27.5 Å². The fourth-order valence-electron chi connectivity index (χ4n) is 5.06. The lowest BCUT2D eigenvalue weighted by atomic mass is 9.88. The van der Waals surface area contributed by atoms with Gasteiger partial charge in [0, 0.05) is 11.3 Å². The zero-order chi connectivity index (χ0) is 27.2. The number of halogens is 4. The first-order valence-electron chi connectivity index (χ1n) is 12.4. The number of hydrogen-bond donors (Lipinski definition) is 2. The number of aromatic nitrogens is 2. The van der Waals surface area contributed by atoms with E-state index in [1.54, 1.807) is 37.3 Å². The number of thiophene rings is 1.